The van der Waals surface area contributed by atoms with Crippen LogP contribution in [0, 0.1) is 6.92 Å². The predicted molar refractivity (Wildman–Crippen MR) is 151 cm³/mol. The number of carbonyl (C=O) groups is 1. The van der Waals surface area contributed by atoms with Crippen molar-refractivity contribution >= 4 is 67.0 Å². The highest BCUT2D eigenvalue weighted by Gasteiger charge is 2.22. The molecule has 3 aromatic carbocycles. The maximum absolute atomic E-state index is 12.5. The summed E-state index contributed by atoms with van der Waals surface area (Å²) in [5.74, 6) is 0.282. The summed E-state index contributed by atoms with van der Waals surface area (Å²) in [5, 5.41) is 4.90. The zero-order chi connectivity index (χ0) is 27.2. The van der Waals surface area contributed by atoms with Crippen LogP contribution in [0.4, 0.5) is 5.69 Å². The molecule has 0 fully saturated rings. The molecule has 0 aliphatic rings. The third-order valence-electron chi connectivity index (χ3n) is 5.11. The monoisotopic (exact) mass is 627 g/mol. The second-order valence-corrected chi connectivity index (χ2v) is 11.5. The van der Waals surface area contributed by atoms with Crippen LogP contribution in [0.2, 0.25) is 10.0 Å². The first-order valence-corrected chi connectivity index (χ1v) is 14.2. The Balaban J connectivity index is 1.71. The first-order chi connectivity index (χ1) is 17.5. The lowest BCUT2D eigenvalue weighted by molar-refractivity contribution is -0.119. The van der Waals surface area contributed by atoms with E-state index in [9.17, 15) is 13.2 Å². The van der Waals surface area contributed by atoms with Gasteiger partial charge in [-0.05, 0) is 64.3 Å². The highest BCUT2D eigenvalue weighted by molar-refractivity contribution is 9.10. The van der Waals surface area contributed by atoms with E-state index in [0.717, 1.165) is 16.1 Å². The maximum atomic E-state index is 12.5. The highest BCUT2D eigenvalue weighted by atomic mass is 79.9. The normalized spacial score (nSPS) is 11.4. The number of rotatable bonds is 10. The van der Waals surface area contributed by atoms with Crippen molar-refractivity contribution < 1.29 is 22.7 Å². The maximum Gasteiger partial charge on any atom is 0.260 e. The van der Waals surface area contributed by atoms with E-state index in [4.69, 9.17) is 32.7 Å². The van der Waals surface area contributed by atoms with Crippen LogP contribution in [-0.4, -0.2) is 40.4 Å². The molecule has 0 spiro atoms. The molecule has 0 aliphatic heterocycles. The molecule has 0 unspecified atom stereocenters. The van der Waals surface area contributed by atoms with Crippen LogP contribution in [0.5, 0.6) is 11.5 Å². The number of hydrogen-bond acceptors (Lipinski definition) is 6. The van der Waals surface area contributed by atoms with Crippen molar-refractivity contribution in [3.05, 3.63) is 85.8 Å². The zero-order valence-electron chi connectivity index (χ0n) is 20.2. The molecule has 0 heterocycles. The van der Waals surface area contributed by atoms with Gasteiger partial charge in [0, 0.05) is 15.6 Å². The van der Waals surface area contributed by atoms with Crippen molar-refractivity contribution in [2.75, 3.05) is 24.2 Å². The Labute approximate surface area is 234 Å². The SMILES string of the molecule is COc1cc(/C=N\NC(=O)CN(c2cc(Cl)ccc2C)S(C)(=O)=O)cc(Br)c1OCc1ccccc1Cl. The van der Waals surface area contributed by atoms with E-state index in [1.165, 1.54) is 19.4 Å². The lowest BCUT2D eigenvalue weighted by atomic mass is 10.2. The van der Waals surface area contributed by atoms with Crippen molar-refractivity contribution in [1.82, 2.24) is 5.43 Å². The quantitative estimate of drug-likeness (QED) is 0.234. The molecule has 196 valence electrons. The third-order valence-corrected chi connectivity index (χ3v) is 7.43. The summed E-state index contributed by atoms with van der Waals surface area (Å²) < 4.78 is 37.7. The summed E-state index contributed by atoms with van der Waals surface area (Å²) in [5.41, 5.74) is 4.74. The topological polar surface area (TPSA) is 97.3 Å². The van der Waals surface area contributed by atoms with E-state index in [-0.39, 0.29) is 6.61 Å². The molecule has 0 saturated carbocycles. The van der Waals surface area contributed by atoms with E-state index in [1.54, 1.807) is 37.3 Å². The van der Waals surface area contributed by atoms with Gasteiger partial charge in [0.2, 0.25) is 10.0 Å². The lowest BCUT2D eigenvalue weighted by Gasteiger charge is -2.23. The smallest absolute Gasteiger partial charge is 0.260 e. The number of sulfonamides is 1. The molecule has 0 aromatic heterocycles. The molecule has 1 amide bonds. The number of halogens is 3. The summed E-state index contributed by atoms with van der Waals surface area (Å²) in [6.45, 7) is 1.49. The van der Waals surface area contributed by atoms with Crippen molar-refractivity contribution in [2.45, 2.75) is 13.5 Å². The molecule has 0 radical (unpaired) electrons. The molecular weight excluding hydrogens is 605 g/mol. The number of carbonyl (C=O) groups excluding carboxylic acids is 1. The summed E-state index contributed by atoms with van der Waals surface area (Å²) in [7, 11) is -2.26. The van der Waals surface area contributed by atoms with E-state index in [0.29, 0.717) is 42.8 Å². The van der Waals surface area contributed by atoms with Crippen LogP contribution in [0.25, 0.3) is 0 Å². The number of nitrogens with zero attached hydrogens (tertiary/aromatic N) is 2. The number of benzene rings is 3. The van der Waals surface area contributed by atoms with Gasteiger partial charge in [-0.25, -0.2) is 13.8 Å². The Morgan fingerprint density at radius 1 is 1.16 bits per heavy atom. The summed E-state index contributed by atoms with van der Waals surface area (Å²) in [6.07, 6.45) is 2.42. The Morgan fingerprint density at radius 3 is 2.57 bits per heavy atom. The molecule has 0 atom stereocenters. The second kappa shape index (κ2) is 12.6. The number of amides is 1. The second-order valence-electron chi connectivity index (χ2n) is 7.91. The van der Waals surface area contributed by atoms with Crippen molar-refractivity contribution in [1.29, 1.82) is 0 Å². The van der Waals surface area contributed by atoms with E-state index < -0.39 is 22.5 Å². The number of anilines is 1. The van der Waals surface area contributed by atoms with Crippen molar-refractivity contribution in [3.8, 4) is 11.5 Å². The molecular formula is C25H24BrCl2N3O5S. The minimum Gasteiger partial charge on any atom is -0.493 e. The van der Waals surface area contributed by atoms with Gasteiger partial charge in [0.1, 0.15) is 13.2 Å². The Kier molecular flexibility index (Phi) is 9.83. The van der Waals surface area contributed by atoms with Gasteiger partial charge in [0.05, 0.1) is 29.7 Å². The minimum atomic E-state index is -3.76. The molecule has 37 heavy (non-hydrogen) atoms. The summed E-state index contributed by atoms with van der Waals surface area (Å²) in [6, 6.07) is 15.6. The number of methoxy groups -OCH3 is 1. The fourth-order valence-corrected chi connectivity index (χ4v) is 5.13. The van der Waals surface area contributed by atoms with Gasteiger partial charge in [-0.15, -0.1) is 0 Å². The molecule has 3 rings (SSSR count). The van der Waals surface area contributed by atoms with Crippen molar-refractivity contribution in [3.63, 3.8) is 0 Å². The van der Waals surface area contributed by atoms with Gasteiger partial charge in [-0.3, -0.25) is 9.10 Å². The van der Waals surface area contributed by atoms with Gasteiger partial charge in [-0.1, -0.05) is 47.5 Å². The molecule has 0 aliphatic carbocycles. The molecule has 3 aromatic rings. The Morgan fingerprint density at radius 2 is 1.89 bits per heavy atom. The zero-order valence-corrected chi connectivity index (χ0v) is 24.1. The summed E-state index contributed by atoms with van der Waals surface area (Å²) in [4.78, 5) is 12.5. The van der Waals surface area contributed by atoms with Gasteiger partial charge in [0.15, 0.2) is 11.5 Å². The van der Waals surface area contributed by atoms with Gasteiger partial charge < -0.3 is 9.47 Å². The van der Waals surface area contributed by atoms with Gasteiger partial charge >= 0.3 is 0 Å². The first kappa shape index (κ1) is 28.8. The number of nitrogens with one attached hydrogen (secondary N) is 1. The van der Waals surface area contributed by atoms with Gasteiger partial charge in [-0.2, -0.15) is 5.10 Å². The Bertz CT molecular complexity index is 1430. The first-order valence-electron chi connectivity index (χ1n) is 10.8. The number of ether oxygens (including phenoxy) is 2. The fourth-order valence-electron chi connectivity index (χ4n) is 3.30. The highest BCUT2D eigenvalue weighted by Crippen LogP contribution is 2.37. The third kappa shape index (κ3) is 7.85. The molecule has 8 nitrogen and oxygen atoms in total. The largest absolute Gasteiger partial charge is 0.493 e. The van der Waals surface area contributed by atoms with Gasteiger partial charge in [0.25, 0.3) is 5.91 Å². The van der Waals surface area contributed by atoms with Crippen LogP contribution in [-0.2, 0) is 21.4 Å². The lowest BCUT2D eigenvalue weighted by Crippen LogP contribution is -2.39. The van der Waals surface area contributed by atoms with Crippen LogP contribution >= 0.6 is 39.1 Å². The molecule has 12 heteroatoms. The van der Waals surface area contributed by atoms with Crippen molar-refractivity contribution in [2.24, 2.45) is 5.10 Å². The Hall–Kier alpha value is -2.79. The molecule has 1 N–H and O–H groups in total. The van der Waals surface area contributed by atoms with E-state index >= 15 is 0 Å². The average molecular weight is 629 g/mol. The molecule has 0 bridgehead atoms. The predicted octanol–water partition coefficient (Wildman–Crippen LogP) is 5.57. The number of hydrazone groups is 1. The average Bonchev–Trinajstić information content (AvgIpc) is 2.83. The minimum absolute atomic E-state index is 0.237. The standard InChI is InChI=1S/C25H24BrCl2N3O5S/c1-16-8-9-19(27)12-22(16)31(37(3,33)34)14-24(32)30-29-13-17-10-20(26)25(23(11-17)35-2)36-15-18-6-4-5-7-21(18)28/h4-13H,14-15H2,1-3H3,(H,30,32)/b29-13-. The van der Waals surface area contributed by atoms with E-state index in [1.807, 2.05) is 18.2 Å². The van der Waals surface area contributed by atoms with Crippen LogP contribution in [0.1, 0.15) is 16.7 Å². The van der Waals surface area contributed by atoms with Crippen LogP contribution in [0.3, 0.4) is 0 Å². The van der Waals surface area contributed by atoms with E-state index in [2.05, 4.69) is 26.5 Å². The number of hydrogen-bond donors (Lipinski definition) is 1. The fraction of sp³-hybridized carbons (Fsp3) is 0.200. The van der Waals surface area contributed by atoms with Crippen LogP contribution in [0.15, 0.2) is 64.2 Å². The molecule has 0 saturated heterocycles. The summed E-state index contributed by atoms with van der Waals surface area (Å²) >= 11 is 15.7. The van der Waals surface area contributed by atoms with Crippen LogP contribution < -0.4 is 19.2 Å². The number of aryl methyl sites for hydroxylation is 1.